The van der Waals surface area contributed by atoms with E-state index in [1.165, 1.54) is 0 Å². The lowest BCUT2D eigenvalue weighted by molar-refractivity contribution is -0.127. The Labute approximate surface area is 108 Å². The number of hydrogen-bond acceptors (Lipinski definition) is 1. The Kier molecular flexibility index (Phi) is 3.36. The lowest BCUT2D eigenvalue weighted by atomic mass is 10.1. The Hall–Kier alpha value is -0.800. The molecule has 84 valence electrons. The van der Waals surface area contributed by atoms with Crippen molar-refractivity contribution in [1.29, 1.82) is 0 Å². The summed E-state index contributed by atoms with van der Waals surface area (Å²) in [6.45, 7) is 0. The third-order valence-corrected chi connectivity index (χ3v) is 3.53. The van der Waals surface area contributed by atoms with E-state index < -0.39 is 0 Å². The summed E-state index contributed by atoms with van der Waals surface area (Å²) < 4.78 is 0.910. The predicted octanol–water partition coefficient (Wildman–Crippen LogP) is 3.70. The molecule has 1 aliphatic rings. The fraction of sp³-hybridized carbons (Fsp3) is 0.250. The molecular weight excluding hydrogens is 289 g/mol. The van der Waals surface area contributed by atoms with Crippen LogP contribution >= 0.6 is 27.5 Å². The zero-order valence-electron chi connectivity index (χ0n) is 8.84. The Balaban J connectivity index is 2.44. The topological polar surface area (TPSA) is 20.3 Å². The fourth-order valence-electron chi connectivity index (χ4n) is 1.76. The van der Waals surface area contributed by atoms with Gasteiger partial charge >= 0.3 is 0 Å². The van der Waals surface area contributed by atoms with Gasteiger partial charge in [-0.25, -0.2) is 0 Å². The minimum atomic E-state index is 0.152. The highest BCUT2D eigenvalue weighted by Gasteiger charge is 2.20. The first-order valence-electron chi connectivity index (χ1n) is 5.02. The first-order chi connectivity index (χ1) is 7.59. The normalized spacial score (nSPS) is 16.3. The van der Waals surface area contributed by atoms with Crippen LogP contribution in [0.2, 0.25) is 5.02 Å². The number of nitrogens with zero attached hydrogens (tertiary/aromatic N) is 1. The summed E-state index contributed by atoms with van der Waals surface area (Å²) in [7, 11) is 1.80. The molecule has 0 atom stereocenters. The maximum absolute atomic E-state index is 11.6. The van der Waals surface area contributed by atoms with Crippen LogP contribution in [0.1, 0.15) is 18.4 Å². The van der Waals surface area contributed by atoms with Crippen molar-refractivity contribution in [3.8, 4) is 0 Å². The summed E-state index contributed by atoms with van der Waals surface area (Å²) in [5.74, 6) is 0.152. The van der Waals surface area contributed by atoms with Crippen molar-refractivity contribution < 1.29 is 4.79 Å². The number of halogens is 2. The highest BCUT2D eigenvalue weighted by Crippen LogP contribution is 2.31. The molecule has 2 nitrogen and oxygen atoms in total. The van der Waals surface area contributed by atoms with Gasteiger partial charge in [-0.2, -0.15) is 0 Å². The van der Waals surface area contributed by atoms with Crippen LogP contribution in [0.4, 0.5) is 0 Å². The summed E-state index contributed by atoms with van der Waals surface area (Å²) in [5.41, 5.74) is 1.94. The largest absolute Gasteiger partial charge is 0.315 e. The SMILES string of the molecule is CN1C(=O)CCC=C1c1ccc(Cl)cc1Br. The van der Waals surface area contributed by atoms with Gasteiger partial charge in [-0.15, -0.1) is 0 Å². The van der Waals surface area contributed by atoms with E-state index in [1.54, 1.807) is 11.9 Å². The monoisotopic (exact) mass is 299 g/mol. The lowest BCUT2D eigenvalue weighted by Crippen LogP contribution is -2.27. The van der Waals surface area contributed by atoms with Crippen LogP contribution in [-0.4, -0.2) is 17.9 Å². The molecule has 0 saturated carbocycles. The van der Waals surface area contributed by atoms with Gasteiger partial charge in [0.05, 0.1) is 0 Å². The Morgan fingerprint density at radius 2 is 2.19 bits per heavy atom. The van der Waals surface area contributed by atoms with Crippen molar-refractivity contribution in [2.24, 2.45) is 0 Å². The van der Waals surface area contributed by atoms with Gasteiger partial charge in [-0.3, -0.25) is 4.79 Å². The molecule has 2 rings (SSSR count). The molecule has 1 amide bonds. The third kappa shape index (κ3) is 2.15. The second-order valence-electron chi connectivity index (χ2n) is 3.70. The molecule has 16 heavy (non-hydrogen) atoms. The zero-order chi connectivity index (χ0) is 11.7. The number of benzene rings is 1. The van der Waals surface area contributed by atoms with Gasteiger partial charge in [0, 0.05) is 34.2 Å². The van der Waals surface area contributed by atoms with Crippen molar-refractivity contribution in [3.63, 3.8) is 0 Å². The quantitative estimate of drug-likeness (QED) is 0.774. The minimum absolute atomic E-state index is 0.152. The van der Waals surface area contributed by atoms with Gasteiger partial charge in [0.15, 0.2) is 0 Å². The molecule has 0 N–H and O–H groups in total. The van der Waals surface area contributed by atoms with Crippen LogP contribution in [0, 0.1) is 0 Å². The predicted molar refractivity (Wildman–Crippen MR) is 69.1 cm³/mol. The standard InChI is InChI=1S/C12H11BrClNO/c1-15-11(3-2-4-12(15)16)9-6-5-8(14)7-10(9)13/h3,5-7H,2,4H2,1H3. The van der Waals surface area contributed by atoms with E-state index in [0.29, 0.717) is 11.4 Å². The smallest absolute Gasteiger partial charge is 0.227 e. The molecule has 1 heterocycles. The molecule has 0 bridgehead atoms. The van der Waals surface area contributed by atoms with Crippen molar-refractivity contribution in [1.82, 2.24) is 4.90 Å². The maximum Gasteiger partial charge on any atom is 0.227 e. The van der Waals surface area contributed by atoms with E-state index in [0.717, 1.165) is 22.2 Å². The van der Waals surface area contributed by atoms with E-state index in [-0.39, 0.29) is 5.91 Å². The van der Waals surface area contributed by atoms with Crippen LogP contribution in [0.3, 0.4) is 0 Å². The first-order valence-corrected chi connectivity index (χ1v) is 6.19. The molecule has 4 heteroatoms. The summed E-state index contributed by atoms with van der Waals surface area (Å²) in [6.07, 6.45) is 3.47. The van der Waals surface area contributed by atoms with Gasteiger partial charge in [0.25, 0.3) is 0 Å². The van der Waals surface area contributed by atoms with Crippen LogP contribution in [0.25, 0.3) is 5.70 Å². The number of carbonyl (C=O) groups excluding carboxylic acids is 1. The van der Waals surface area contributed by atoms with Gasteiger partial charge in [0.2, 0.25) is 5.91 Å². The van der Waals surface area contributed by atoms with E-state index in [1.807, 2.05) is 18.2 Å². The fourth-order valence-corrected chi connectivity index (χ4v) is 2.64. The van der Waals surface area contributed by atoms with E-state index in [2.05, 4.69) is 22.0 Å². The lowest BCUT2D eigenvalue weighted by Gasteiger charge is -2.25. The number of allylic oxidation sites excluding steroid dienone is 1. The molecule has 1 aromatic carbocycles. The van der Waals surface area contributed by atoms with Crippen LogP contribution in [-0.2, 0) is 4.79 Å². The molecule has 0 aromatic heterocycles. The third-order valence-electron chi connectivity index (χ3n) is 2.64. The molecule has 0 fully saturated rings. The van der Waals surface area contributed by atoms with E-state index >= 15 is 0 Å². The van der Waals surface area contributed by atoms with Crippen molar-refractivity contribution in [2.75, 3.05) is 7.05 Å². The molecule has 0 saturated heterocycles. The molecular formula is C12H11BrClNO. The van der Waals surface area contributed by atoms with Crippen molar-refractivity contribution in [3.05, 3.63) is 39.3 Å². The average molecular weight is 301 g/mol. The van der Waals surface area contributed by atoms with Gasteiger partial charge in [0.1, 0.15) is 0 Å². The Bertz CT molecular complexity index is 470. The van der Waals surface area contributed by atoms with Crippen molar-refractivity contribution >= 4 is 39.1 Å². The van der Waals surface area contributed by atoms with Gasteiger partial charge in [-0.1, -0.05) is 39.7 Å². The highest BCUT2D eigenvalue weighted by atomic mass is 79.9. The summed E-state index contributed by atoms with van der Waals surface area (Å²) in [6, 6.07) is 5.59. The first kappa shape index (κ1) is 11.7. The summed E-state index contributed by atoms with van der Waals surface area (Å²) in [5, 5.41) is 0.681. The molecule has 1 aromatic rings. The van der Waals surface area contributed by atoms with Crippen molar-refractivity contribution in [2.45, 2.75) is 12.8 Å². The summed E-state index contributed by atoms with van der Waals surface area (Å²) in [4.78, 5) is 13.3. The molecule has 0 unspecified atom stereocenters. The number of amides is 1. The zero-order valence-corrected chi connectivity index (χ0v) is 11.2. The number of carbonyl (C=O) groups is 1. The van der Waals surface area contributed by atoms with Crippen LogP contribution < -0.4 is 0 Å². The van der Waals surface area contributed by atoms with Crippen LogP contribution in [0.5, 0.6) is 0 Å². The number of hydrogen-bond donors (Lipinski definition) is 0. The van der Waals surface area contributed by atoms with Gasteiger partial charge < -0.3 is 4.90 Å². The highest BCUT2D eigenvalue weighted by molar-refractivity contribution is 9.10. The molecule has 0 aliphatic carbocycles. The molecule has 1 aliphatic heterocycles. The second-order valence-corrected chi connectivity index (χ2v) is 5.00. The van der Waals surface area contributed by atoms with E-state index in [9.17, 15) is 4.79 Å². The molecule has 0 radical (unpaired) electrons. The number of rotatable bonds is 1. The van der Waals surface area contributed by atoms with Gasteiger partial charge in [-0.05, 0) is 18.6 Å². The Morgan fingerprint density at radius 3 is 2.88 bits per heavy atom. The average Bonchev–Trinajstić information content (AvgIpc) is 2.23. The van der Waals surface area contributed by atoms with Crippen LogP contribution in [0.15, 0.2) is 28.7 Å². The maximum atomic E-state index is 11.6. The molecule has 0 spiro atoms. The van der Waals surface area contributed by atoms with E-state index in [4.69, 9.17) is 11.6 Å². The second kappa shape index (κ2) is 4.60. The summed E-state index contributed by atoms with van der Waals surface area (Å²) >= 11 is 9.36. The Morgan fingerprint density at radius 1 is 1.44 bits per heavy atom. The minimum Gasteiger partial charge on any atom is -0.315 e.